The van der Waals surface area contributed by atoms with Crippen molar-refractivity contribution in [2.45, 2.75) is 44.9 Å². The van der Waals surface area contributed by atoms with Crippen molar-refractivity contribution >= 4 is 23.4 Å². The third-order valence-corrected chi connectivity index (χ3v) is 4.88. The number of rotatable bonds is 8. The van der Waals surface area contributed by atoms with Crippen molar-refractivity contribution in [2.24, 2.45) is 5.92 Å². The van der Waals surface area contributed by atoms with Crippen LogP contribution in [0.5, 0.6) is 5.75 Å². The van der Waals surface area contributed by atoms with Gasteiger partial charge in [-0.3, -0.25) is 9.59 Å². The van der Waals surface area contributed by atoms with Crippen LogP contribution in [0.2, 0.25) is 5.02 Å². The molecule has 1 aliphatic rings. The van der Waals surface area contributed by atoms with Crippen molar-refractivity contribution in [3.8, 4) is 5.75 Å². The number of carbonyl (C=O) groups excluding carboxylic acids is 2. The Balaban J connectivity index is 1.65. The van der Waals surface area contributed by atoms with E-state index >= 15 is 0 Å². The van der Waals surface area contributed by atoms with Crippen LogP contribution in [0.25, 0.3) is 0 Å². The summed E-state index contributed by atoms with van der Waals surface area (Å²) >= 11 is 5.93. The van der Waals surface area contributed by atoms with Crippen molar-refractivity contribution in [1.29, 1.82) is 0 Å². The van der Waals surface area contributed by atoms with Crippen molar-refractivity contribution < 1.29 is 14.3 Å². The molecular formula is C19H27ClN2O3. The molecular weight excluding hydrogens is 340 g/mol. The molecule has 0 heterocycles. The molecule has 0 bridgehead atoms. The molecule has 0 radical (unpaired) electrons. The Morgan fingerprint density at radius 2 is 1.88 bits per heavy atom. The third kappa shape index (κ3) is 6.58. The molecule has 1 aromatic rings. The summed E-state index contributed by atoms with van der Waals surface area (Å²) in [5, 5.41) is 6.10. The Labute approximate surface area is 154 Å². The third-order valence-electron chi connectivity index (χ3n) is 4.64. The maximum absolute atomic E-state index is 12.2. The minimum Gasteiger partial charge on any atom is -0.496 e. The van der Waals surface area contributed by atoms with E-state index in [2.05, 4.69) is 10.6 Å². The van der Waals surface area contributed by atoms with E-state index in [9.17, 15) is 9.59 Å². The smallest absolute Gasteiger partial charge is 0.255 e. The fraction of sp³-hybridized carbons (Fsp3) is 0.579. The molecule has 6 heteroatoms. The molecule has 1 fully saturated rings. The highest BCUT2D eigenvalue weighted by molar-refractivity contribution is 6.31. The van der Waals surface area contributed by atoms with Gasteiger partial charge in [0.1, 0.15) is 5.75 Å². The van der Waals surface area contributed by atoms with E-state index in [-0.39, 0.29) is 11.8 Å². The molecule has 1 saturated carbocycles. The molecule has 0 unspecified atom stereocenters. The zero-order valence-electron chi connectivity index (χ0n) is 14.8. The second kappa shape index (κ2) is 10.3. The summed E-state index contributed by atoms with van der Waals surface area (Å²) in [5.74, 6) is 0.962. The van der Waals surface area contributed by atoms with E-state index in [1.165, 1.54) is 39.2 Å². The highest BCUT2D eigenvalue weighted by Gasteiger charge is 2.15. The first-order chi connectivity index (χ1) is 12.1. The first-order valence-electron chi connectivity index (χ1n) is 8.98. The first-order valence-corrected chi connectivity index (χ1v) is 9.36. The molecule has 5 nitrogen and oxygen atoms in total. The summed E-state index contributed by atoms with van der Waals surface area (Å²) in [4.78, 5) is 24.1. The summed E-state index contributed by atoms with van der Waals surface area (Å²) in [6.07, 6.45) is 7.98. The van der Waals surface area contributed by atoms with Crippen molar-refractivity contribution in [3.63, 3.8) is 0 Å². The number of benzene rings is 1. The molecule has 0 spiro atoms. The summed E-state index contributed by atoms with van der Waals surface area (Å²) in [5.41, 5.74) is 0.388. The number of hydrogen-bond acceptors (Lipinski definition) is 3. The Bertz CT molecular complexity index is 586. The van der Waals surface area contributed by atoms with Crippen LogP contribution >= 0.6 is 11.6 Å². The maximum atomic E-state index is 12.2. The molecule has 2 N–H and O–H groups in total. The van der Waals surface area contributed by atoms with Gasteiger partial charge in [-0.2, -0.15) is 0 Å². The second-order valence-electron chi connectivity index (χ2n) is 6.49. The molecule has 0 saturated heterocycles. The van der Waals surface area contributed by atoms with Gasteiger partial charge in [-0.15, -0.1) is 0 Å². The molecule has 25 heavy (non-hydrogen) atoms. The van der Waals surface area contributed by atoms with Crippen LogP contribution < -0.4 is 15.4 Å². The quantitative estimate of drug-likeness (QED) is 0.691. The zero-order valence-corrected chi connectivity index (χ0v) is 15.5. The number of carbonyl (C=O) groups is 2. The van der Waals surface area contributed by atoms with Gasteiger partial charge >= 0.3 is 0 Å². The van der Waals surface area contributed by atoms with Crippen LogP contribution in [0, 0.1) is 5.92 Å². The molecule has 1 aliphatic carbocycles. The zero-order chi connectivity index (χ0) is 18.1. The van der Waals surface area contributed by atoms with Crippen LogP contribution in [-0.4, -0.2) is 32.0 Å². The highest BCUT2D eigenvalue weighted by atomic mass is 35.5. The summed E-state index contributed by atoms with van der Waals surface area (Å²) in [7, 11) is 1.51. The minimum atomic E-state index is -0.268. The second-order valence-corrected chi connectivity index (χ2v) is 6.93. The van der Waals surface area contributed by atoms with Gasteiger partial charge in [0.05, 0.1) is 12.7 Å². The van der Waals surface area contributed by atoms with Crippen molar-refractivity contribution in [2.75, 3.05) is 20.2 Å². The lowest BCUT2D eigenvalue weighted by Crippen LogP contribution is -2.35. The average molecular weight is 367 g/mol. The number of methoxy groups -OCH3 is 1. The molecule has 1 aromatic carbocycles. The van der Waals surface area contributed by atoms with Gasteiger partial charge in [0.25, 0.3) is 5.91 Å². The Kier molecular flexibility index (Phi) is 8.06. The largest absolute Gasteiger partial charge is 0.496 e. The van der Waals surface area contributed by atoms with Gasteiger partial charge < -0.3 is 15.4 Å². The molecule has 2 rings (SSSR count). The van der Waals surface area contributed by atoms with E-state index in [1.54, 1.807) is 18.2 Å². The van der Waals surface area contributed by atoms with Crippen molar-refractivity contribution in [3.05, 3.63) is 28.8 Å². The number of halogens is 1. The topological polar surface area (TPSA) is 67.4 Å². The van der Waals surface area contributed by atoms with Gasteiger partial charge in [-0.1, -0.05) is 43.7 Å². The van der Waals surface area contributed by atoms with E-state index in [0.717, 1.165) is 6.42 Å². The lowest BCUT2D eigenvalue weighted by Gasteiger charge is -2.21. The lowest BCUT2D eigenvalue weighted by atomic mass is 9.86. The number of hydrogen-bond donors (Lipinski definition) is 2. The van der Waals surface area contributed by atoms with Crippen molar-refractivity contribution in [1.82, 2.24) is 10.6 Å². The SMILES string of the molecule is COc1ccc(Cl)cc1C(=O)NCCNC(=O)CCC1CCCCC1. The number of amides is 2. The van der Waals surface area contributed by atoms with E-state index in [0.29, 0.717) is 41.8 Å². The standard InChI is InChI=1S/C19H27ClN2O3/c1-25-17-9-8-15(20)13-16(17)19(24)22-12-11-21-18(23)10-7-14-5-3-2-4-6-14/h8-9,13-14H,2-7,10-12H2,1H3,(H,21,23)(H,22,24). The van der Waals surface area contributed by atoms with E-state index < -0.39 is 0 Å². The van der Waals surface area contributed by atoms with Crippen LogP contribution in [-0.2, 0) is 4.79 Å². The van der Waals surface area contributed by atoms with Gasteiger partial charge in [0.2, 0.25) is 5.91 Å². The normalized spacial score (nSPS) is 14.8. The molecule has 2 amide bonds. The monoisotopic (exact) mass is 366 g/mol. The van der Waals surface area contributed by atoms with Gasteiger partial charge in [-0.25, -0.2) is 0 Å². The molecule has 138 valence electrons. The fourth-order valence-corrected chi connectivity index (χ4v) is 3.40. The van der Waals surface area contributed by atoms with E-state index in [4.69, 9.17) is 16.3 Å². The lowest BCUT2D eigenvalue weighted by molar-refractivity contribution is -0.121. The number of ether oxygens (including phenoxy) is 1. The predicted molar refractivity (Wildman–Crippen MR) is 99.2 cm³/mol. The average Bonchev–Trinajstić information content (AvgIpc) is 2.64. The Morgan fingerprint density at radius 1 is 1.16 bits per heavy atom. The van der Waals surface area contributed by atoms with Gasteiger partial charge in [0, 0.05) is 24.5 Å². The minimum absolute atomic E-state index is 0.0557. The first kappa shape index (κ1) is 19.6. The van der Waals surface area contributed by atoms with Gasteiger partial charge in [-0.05, 0) is 30.5 Å². The van der Waals surface area contributed by atoms with Crippen LogP contribution in [0.4, 0.5) is 0 Å². The molecule has 0 aliphatic heterocycles. The summed E-state index contributed by atoms with van der Waals surface area (Å²) in [6, 6.07) is 4.90. The highest BCUT2D eigenvalue weighted by Crippen LogP contribution is 2.27. The van der Waals surface area contributed by atoms with E-state index in [1.807, 2.05) is 0 Å². The summed E-state index contributed by atoms with van der Waals surface area (Å²) < 4.78 is 5.17. The molecule has 0 aromatic heterocycles. The Hall–Kier alpha value is -1.75. The maximum Gasteiger partial charge on any atom is 0.255 e. The van der Waals surface area contributed by atoms with Crippen LogP contribution in [0.15, 0.2) is 18.2 Å². The van der Waals surface area contributed by atoms with Crippen LogP contribution in [0.3, 0.4) is 0 Å². The van der Waals surface area contributed by atoms with Crippen LogP contribution in [0.1, 0.15) is 55.3 Å². The number of nitrogens with one attached hydrogen (secondary N) is 2. The summed E-state index contributed by atoms with van der Waals surface area (Å²) in [6.45, 7) is 0.780. The Morgan fingerprint density at radius 3 is 2.60 bits per heavy atom. The predicted octanol–water partition coefficient (Wildman–Crippen LogP) is 3.56. The molecule has 0 atom stereocenters. The van der Waals surface area contributed by atoms with Gasteiger partial charge in [0.15, 0.2) is 0 Å². The fourth-order valence-electron chi connectivity index (χ4n) is 3.23.